The van der Waals surface area contributed by atoms with E-state index in [1.165, 1.54) is 7.11 Å². The zero-order valence-electron chi connectivity index (χ0n) is 12.5. The van der Waals surface area contributed by atoms with E-state index in [4.69, 9.17) is 9.72 Å². The lowest BCUT2D eigenvalue weighted by Crippen LogP contribution is -2.04. The van der Waals surface area contributed by atoms with Gasteiger partial charge in [0.15, 0.2) is 0 Å². The van der Waals surface area contributed by atoms with Crippen LogP contribution in [0, 0.1) is 0 Å². The molecule has 0 unspecified atom stereocenters. The van der Waals surface area contributed by atoms with E-state index >= 15 is 0 Å². The van der Waals surface area contributed by atoms with Gasteiger partial charge in [-0.2, -0.15) is 0 Å². The molecule has 0 N–H and O–H groups in total. The average Bonchev–Trinajstić information content (AvgIpc) is 2.59. The molecule has 0 aliphatic heterocycles. The van der Waals surface area contributed by atoms with Crippen LogP contribution in [0.5, 0.6) is 0 Å². The van der Waals surface area contributed by atoms with Gasteiger partial charge in [0, 0.05) is 23.1 Å². The number of nitrogens with zero attached hydrogens (tertiary/aromatic N) is 1. The fraction of sp³-hybridized carbons (Fsp3) is 0.158. The zero-order chi connectivity index (χ0) is 15.4. The first-order valence-electron chi connectivity index (χ1n) is 7.29. The number of ether oxygens (including phenoxy) is 1. The van der Waals surface area contributed by atoms with Crippen LogP contribution in [0.4, 0.5) is 0 Å². The predicted molar refractivity (Wildman–Crippen MR) is 87.5 cm³/mol. The molecule has 0 aliphatic carbocycles. The molecule has 110 valence electrons. The van der Waals surface area contributed by atoms with Crippen molar-refractivity contribution < 1.29 is 9.53 Å². The van der Waals surface area contributed by atoms with Gasteiger partial charge >= 0.3 is 5.97 Å². The molecule has 0 fully saturated rings. The number of hydrogen-bond acceptors (Lipinski definition) is 3. The lowest BCUT2D eigenvalue weighted by Gasteiger charge is -2.09. The topological polar surface area (TPSA) is 39.2 Å². The summed E-state index contributed by atoms with van der Waals surface area (Å²) in [7, 11) is 1.41. The van der Waals surface area contributed by atoms with Crippen LogP contribution >= 0.6 is 0 Å². The molecule has 3 rings (SSSR count). The minimum absolute atomic E-state index is 0.212. The number of carbonyl (C=O) groups is 1. The van der Waals surface area contributed by atoms with Crippen LogP contribution in [-0.2, 0) is 16.0 Å². The molecule has 0 atom stereocenters. The summed E-state index contributed by atoms with van der Waals surface area (Å²) in [6, 6.07) is 20.3. The molecule has 1 aromatic heterocycles. The zero-order valence-corrected chi connectivity index (χ0v) is 12.5. The van der Waals surface area contributed by atoms with Gasteiger partial charge in [0.05, 0.1) is 19.2 Å². The largest absolute Gasteiger partial charge is 0.469 e. The van der Waals surface area contributed by atoms with Gasteiger partial charge in [0.25, 0.3) is 0 Å². The Bertz CT molecular complexity index is 797. The number of fused-ring (bicyclic) bond motifs is 1. The number of aromatic nitrogens is 1. The summed E-state index contributed by atoms with van der Waals surface area (Å²) in [4.78, 5) is 16.2. The molecule has 3 aromatic rings. The highest BCUT2D eigenvalue weighted by atomic mass is 16.5. The third-order valence-corrected chi connectivity index (χ3v) is 3.68. The summed E-state index contributed by atoms with van der Waals surface area (Å²) in [5, 5.41) is 2.22. The van der Waals surface area contributed by atoms with Crippen molar-refractivity contribution in [3.05, 3.63) is 66.4 Å². The second-order valence-electron chi connectivity index (χ2n) is 5.12. The van der Waals surface area contributed by atoms with E-state index in [1.54, 1.807) is 0 Å². The highest BCUT2D eigenvalue weighted by molar-refractivity contribution is 5.88. The summed E-state index contributed by atoms with van der Waals surface area (Å²) >= 11 is 0. The Morgan fingerprint density at radius 3 is 2.55 bits per heavy atom. The Labute approximate surface area is 129 Å². The van der Waals surface area contributed by atoms with Gasteiger partial charge in [-0.25, -0.2) is 0 Å². The van der Waals surface area contributed by atoms with E-state index in [-0.39, 0.29) is 5.97 Å². The average molecular weight is 291 g/mol. The molecule has 0 bridgehead atoms. The van der Waals surface area contributed by atoms with Crippen LogP contribution in [0.3, 0.4) is 0 Å². The van der Waals surface area contributed by atoms with E-state index in [0.717, 1.165) is 27.7 Å². The third-order valence-electron chi connectivity index (χ3n) is 3.68. The van der Waals surface area contributed by atoms with Gasteiger partial charge in [-0.05, 0) is 11.5 Å². The number of methoxy groups -OCH3 is 1. The van der Waals surface area contributed by atoms with Gasteiger partial charge in [-0.1, -0.05) is 54.6 Å². The van der Waals surface area contributed by atoms with Crippen molar-refractivity contribution in [3.8, 4) is 11.3 Å². The fourth-order valence-corrected chi connectivity index (χ4v) is 2.54. The molecule has 3 heteroatoms. The molecular formula is C19H17NO2. The molecule has 0 saturated carbocycles. The molecule has 2 aromatic carbocycles. The first kappa shape index (κ1) is 14.3. The quantitative estimate of drug-likeness (QED) is 0.682. The Balaban J connectivity index is 2.06. The van der Waals surface area contributed by atoms with Crippen LogP contribution in [0.2, 0.25) is 0 Å². The van der Waals surface area contributed by atoms with E-state index in [0.29, 0.717) is 12.8 Å². The molecular weight excluding hydrogens is 274 g/mol. The fourth-order valence-electron chi connectivity index (χ4n) is 2.54. The van der Waals surface area contributed by atoms with Gasteiger partial charge in [0.2, 0.25) is 0 Å². The number of hydrogen-bond donors (Lipinski definition) is 0. The van der Waals surface area contributed by atoms with Crippen molar-refractivity contribution in [3.63, 3.8) is 0 Å². The van der Waals surface area contributed by atoms with E-state index in [1.807, 2.05) is 48.5 Å². The van der Waals surface area contributed by atoms with Gasteiger partial charge in [0.1, 0.15) is 0 Å². The highest BCUT2D eigenvalue weighted by Crippen LogP contribution is 2.25. The summed E-state index contributed by atoms with van der Waals surface area (Å²) in [6.07, 6.45) is 0.916. The third kappa shape index (κ3) is 2.98. The molecule has 22 heavy (non-hydrogen) atoms. The lowest BCUT2D eigenvalue weighted by atomic mass is 10.0. The summed E-state index contributed by atoms with van der Waals surface area (Å²) in [5.41, 5.74) is 2.94. The highest BCUT2D eigenvalue weighted by Gasteiger charge is 2.09. The van der Waals surface area contributed by atoms with Crippen LogP contribution in [0.1, 0.15) is 12.1 Å². The molecule has 0 saturated heterocycles. The monoisotopic (exact) mass is 291 g/mol. The standard InChI is InChI=1S/C19H17NO2/c1-22-19(21)12-11-17-16-10-6-5-9-15(16)13-18(20-17)14-7-3-2-4-8-14/h2-10,13H,11-12H2,1H3. The van der Waals surface area contributed by atoms with Crippen LogP contribution < -0.4 is 0 Å². The molecule has 0 spiro atoms. The number of rotatable bonds is 4. The number of aryl methyl sites for hydroxylation is 1. The molecule has 0 amide bonds. The van der Waals surface area contributed by atoms with E-state index in [9.17, 15) is 4.79 Å². The van der Waals surface area contributed by atoms with Gasteiger partial charge in [-0.3, -0.25) is 9.78 Å². The SMILES string of the molecule is COC(=O)CCc1nc(-c2ccccc2)cc2ccccc12. The maximum absolute atomic E-state index is 11.4. The first-order chi connectivity index (χ1) is 10.8. The van der Waals surface area contributed by atoms with E-state index < -0.39 is 0 Å². The Hall–Kier alpha value is -2.68. The lowest BCUT2D eigenvalue weighted by molar-refractivity contribution is -0.140. The maximum atomic E-state index is 11.4. The van der Waals surface area contributed by atoms with Gasteiger partial charge in [-0.15, -0.1) is 0 Å². The van der Waals surface area contributed by atoms with Crippen molar-refractivity contribution >= 4 is 16.7 Å². The minimum atomic E-state index is -0.212. The molecule has 1 heterocycles. The maximum Gasteiger partial charge on any atom is 0.305 e. The molecule has 0 radical (unpaired) electrons. The Kier molecular flexibility index (Phi) is 4.15. The molecule has 0 aliphatic rings. The number of esters is 1. The predicted octanol–water partition coefficient (Wildman–Crippen LogP) is 4.01. The Morgan fingerprint density at radius 2 is 1.77 bits per heavy atom. The van der Waals surface area contributed by atoms with Crippen molar-refractivity contribution in [1.29, 1.82) is 0 Å². The van der Waals surface area contributed by atoms with Crippen molar-refractivity contribution in [2.24, 2.45) is 0 Å². The van der Waals surface area contributed by atoms with Crippen molar-refractivity contribution in [2.45, 2.75) is 12.8 Å². The van der Waals surface area contributed by atoms with Crippen LogP contribution in [0.25, 0.3) is 22.0 Å². The van der Waals surface area contributed by atoms with E-state index in [2.05, 4.69) is 12.1 Å². The number of carbonyl (C=O) groups excluding carboxylic acids is 1. The van der Waals surface area contributed by atoms with Crippen molar-refractivity contribution in [1.82, 2.24) is 4.98 Å². The van der Waals surface area contributed by atoms with Crippen molar-refractivity contribution in [2.75, 3.05) is 7.11 Å². The van der Waals surface area contributed by atoms with Crippen LogP contribution in [-0.4, -0.2) is 18.1 Å². The second-order valence-corrected chi connectivity index (χ2v) is 5.12. The smallest absolute Gasteiger partial charge is 0.305 e. The normalized spacial score (nSPS) is 10.6. The summed E-state index contributed by atoms with van der Waals surface area (Å²) in [6.45, 7) is 0. The summed E-state index contributed by atoms with van der Waals surface area (Å²) < 4.78 is 4.73. The summed E-state index contributed by atoms with van der Waals surface area (Å²) in [5.74, 6) is -0.212. The Morgan fingerprint density at radius 1 is 1.05 bits per heavy atom. The van der Waals surface area contributed by atoms with Crippen LogP contribution in [0.15, 0.2) is 60.7 Å². The first-order valence-corrected chi connectivity index (χ1v) is 7.29. The number of benzene rings is 2. The molecule has 3 nitrogen and oxygen atoms in total. The second kappa shape index (κ2) is 6.39. The number of pyridine rings is 1. The minimum Gasteiger partial charge on any atom is -0.469 e. The van der Waals surface area contributed by atoms with Gasteiger partial charge < -0.3 is 4.74 Å².